The summed E-state index contributed by atoms with van der Waals surface area (Å²) in [5, 5.41) is 8.14. The van der Waals surface area contributed by atoms with Crippen molar-refractivity contribution in [1.82, 2.24) is 10.3 Å². The van der Waals surface area contributed by atoms with E-state index in [1.807, 2.05) is 56.3 Å². The van der Waals surface area contributed by atoms with Crippen molar-refractivity contribution in [3.8, 4) is 0 Å². The highest BCUT2D eigenvalue weighted by Gasteiger charge is 2.17. The topological polar surface area (TPSA) is 100 Å². The molecule has 0 fully saturated rings. The lowest BCUT2D eigenvalue weighted by Crippen LogP contribution is -2.30. The summed E-state index contributed by atoms with van der Waals surface area (Å²) in [7, 11) is 0. The van der Waals surface area contributed by atoms with E-state index in [9.17, 15) is 14.4 Å². The summed E-state index contributed by atoms with van der Waals surface area (Å²) in [5.41, 5.74) is 3.61. The number of thioether (sulfide) groups is 1. The van der Waals surface area contributed by atoms with Gasteiger partial charge in [0.15, 0.2) is 0 Å². The molecule has 0 aliphatic carbocycles. The highest BCUT2D eigenvalue weighted by atomic mass is 32.2. The van der Waals surface area contributed by atoms with Gasteiger partial charge >= 0.3 is 0 Å². The van der Waals surface area contributed by atoms with E-state index in [2.05, 4.69) is 20.9 Å². The van der Waals surface area contributed by atoms with Gasteiger partial charge in [-0.05, 0) is 79.6 Å². The van der Waals surface area contributed by atoms with E-state index in [1.54, 1.807) is 67.0 Å². The van der Waals surface area contributed by atoms with E-state index in [0.29, 0.717) is 16.9 Å². The van der Waals surface area contributed by atoms with Gasteiger partial charge in [0, 0.05) is 34.2 Å². The third kappa shape index (κ3) is 7.90. The van der Waals surface area contributed by atoms with Gasteiger partial charge in [-0.25, -0.2) is 0 Å². The normalized spacial score (nSPS) is 11.8. The van der Waals surface area contributed by atoms with Crippen LogP contribution in [-0.4, -0.2) is 28.0 Å². The summed E-state index contributed by atoms with van der Waals surface area (Å²) in [5.74, 6) is -0.951. The number of amides is 3. The second-order valence-electron chi connectivity index (χ2n) is 8.70. The van der Waals surface area contributed by atoms with Crippen molar-refractivity contribution in [2.24, 2.45) is 0 Å². The van der Waals surface area contributed by atoms with Crippen LogP contribution in [0.1, 0.15) is 28.4 Å². The number of aryl methyl sites for hydroxylation is 1. The van der Waals surface area contributed by atoms with Crippen LogP contribution in [0.3, 0.4) is 0 Å². The van der Waals surface area contributed by atoms with Crippen molar-refractivity contribution >= 4 is 46.9 Å². The van der Waals surface area contributed by atoms with Crippen molar-refractivity contribution in [3.05, 3.63) is 126 Å². The molecule has 0 saturated carbocycles. The van der Waals surface area contributed by atoms with Crippen LogP contribution in [-0.2, 0) is 9.59 Å². The molecule has 3 N–H and O–H groups in total. The maximum atomic E-state index is 13.3. The van der Waals surface area contributed by atoms with Crippen LogP contribution in [0.5, 0.6) is 0 Å². The highest BCUT2D eigenvalue weighted by molar-refractivity contribution is 8.00. The molecule has 4 aromatic rings. The molecule has 1 heterocycles. The smallest absolute Gasteiger partial charge is 0.272 e. The number of carbonyl (C=O) groups excluding carboxylic acids is 3. The molecule has 8 heteroatoms. The van der Waals surface area contributed by atoms with E-state index in [4.69, 9.17) is 0 Å². The number of anilines is 2. The molecule has 1 unspecified atom stereocenters. The molecular weight excluding hydrogens is 508 g/mol. The summed E-state index contributed by atoms with van der Waals surface area (Å²) >= 11 is 1.41. The van der Waals surface area contributed by atoms with Crippen molar-refractivity contribution in [3.63, 3.8) is 0 Å². The minimum atomic E-state index is -0.451. The first-order chi connectivity index (χ1) is 18.9. The summed E-state index contributed by atoms with van der Waals surface area (Å²) in [4.78, 5) is 43.4. The van der Waals surface area contributed by atoms with Crippen molar-refractivity contribution < 1.29 is 14.4 Å². The molecule has 0 aliphatic rings. The molecule has 0 spiro atoms. The van der Waals surface area contributed by atoms with Gasteiger partial charge in [-0.1, -0.05) is 42.5 Å². The fraction of sp³-hybridized carbons (Fsp3) is 0.0968. The van der Waals surface area contributed by atoms with Crippen LogP contribution in [0.15, 0.2) is 114 Å². The first-order valence-electron chi connectivity index (χ1n) is 12.3. The van der Waals surface area contributed by atoms with E-state index in [0.717, 1.165) is 16.0 Å². The average molecular weight is 537 g/mol. The lowest BCUT2D eigenvalue weighted by Gasteiger charge is -2.14. The standard InChI is InChI=1S/C31H28N4O3S/c1-21-8-6-7-11-24(21)20-28(35-30(37)23-9-4-3-5-10-23)31(38)34-25-12-14-27(15-13-25)39-22(2)29(36)33-26-16-18-32-19-17-26/h3-20,22H,1-2H3,(H,34,38)(H,35,37)(H,32,33,36)/b28-20-. The molecule has 0 bridgehead atoms. The second-order valence-corrected chi connectivity index (χ2v) is 10.1. The Balaban J connectivity index is 1.44. The number of benzene rings is 3. The number of nitrogens with zero attached hydrogens (tertiary/aromatic N) is 1. The summed E-state index contributed by atoms with van der Waals surface area (Å²) in [6, 6.07) is 27.0. The van der Waals surface area contributed by atoms with Crippen LogP contribution in [0.2, 0.25) is 0 Å². The zero-order valence-corrected chi connectivity index (χ0v) is 22.4. The minimum Gasteiger partial charge on any atom is -0.325 e. The molecule has 39 heavy (non-hydrogen) atoms. The van der Waals surface area contributed by atoms with E-state index >= 15 is 0 Å². The van der Waals surface area contributed by atoms with Crippen LogP contribution in [0, 0.1) is 6.92 Å². The number of carbonyl (C=O) groups is 3. The third-order valence-electron chi connectivity index (χ3n) is 5.76. The predicted molar refractivity (Wildman–Crippen MR) is 156 cm³/mol. The quantitative estimate of drug-likeness (QED) is 0.182. The molecule has 1 atom stereocenters. The Hall–Kier alpha value is -4.69. The third-order valence-corrected chi connectivity index (χ3v) is 6.87. The van der Waals surface area contributed by atoms with Gasteiger partial charge in [0.1, 0.15) is 5.70 Å². The Morgan fingerprint density at radius 1 is 0.795 bits per heavy atom. The van der Waals surface area contributed by atoms with Crippen molar-refractivity contribution in [1.29, 1.82) is 0 Å². The van der Waals surface area contributed by atoms with Gasteiger partial charge in [0.05, 0.1) is 5.25 Å². The van der Waals surface area contributed by atoms with Crippen LogP contribution < -0.4 is 16.0 Å². The lowest BCUT2D eigenvalue weighted by molar-refractivity contribution is -0.115. The van der Waals surface area contributed by atoms with Gasteiger partial charge in [-0.2, -0.15) is 0 Å². The van der Waals surface area contributed by atoms with Crippen LogP contribution in [0.25, 0.3) is 6.08 Å². The number of hydrogen-bond acceptors (Lipinski definition) is 5. The zero-order valence-electron chi connectivity index (χ0n) is 21.5. The summed E-state index contributed by atoms with van der Waals surface area (Å²) in [6.07, 6.45) is 4.91. The predicted octanol–water partition coefficient (Wildman–Crippen LogP) is 5.92. The van der Waals surface area contributed by atoms with Gasteiger partial charge in [-0.3, -0.25) is 19.4 Å². The van der Waals surface area contributed by atoms with E-state index < -0.39 is 5.91 Å². The van der Waals surface area contributed by atoms with Gasteiger partial charge in [0.25, 0.3) is 11.8 Å². The molecule has 0 radical (unpaired) electrons. The van der Waals surface area contributed by atoms with Crippen LogP contribution in [0.4, 0.5) is 11.4 Å². The monoisotopic (exact) mass is 536 g/mol. The number of hydrogen-bond donors (Lipinski definition) is 3. The maximum absolute atomic E-state index is 13.3. The Labute approximate surface area is 231 Å². The SMILES string of the molecule is Cc1ccccc1/C=C(\NC(=O)c1ccccc1)C(=O)Nc1ccc(SC(C)C(=O)Nc2ccncc2)cc1. The molecule has 3 aromatic carbocycles. The molecule has 7 nitrogen and oxygen atoms in total. The Bertz CT molecular complexity index is 1470. The van der Waals surface area contributed by atoms with Gasteiger partial charge < -0.3 is 16.0 Å². The summed E-state index contributed by atoms with van der Waals surface area (Å²) in [6.45, 7) is 3.77. The molecule has 0 aliphatic heterocycles. The number of aromatic nitrogens is 1. The largest absolute Gasteiger partial charge is 0.325 e. The number of nitrogens with one attached hydrogen (secondary N) is 3. The molecular formula is C31H28N4O3S. The Kier molecular flexibility index (Phi) is 9.26. The second kappa shape index (κ2) is 13.2. The van der Waals surface area contributed by atoms with Crippen molar-refractivity contribution in [2.75, 3.05) is 10.6 Å². The minimum absolute atomic E-state index is 0.122. The first-order valence-corrected chi connectivity index (χ1v) is 13.2. The molecule has 3 amide bonds. The number of rotatable bonds is 9. The number of pyridine rings is 1. The van der Waals surface area contributed by atoms with Gasteiger partial charge in [-0.15, -0.1) is 11.8 Å². The lowest BCUT2D eigenvalue weighted by atomic mass is 10.1. The zero-order chi connectivity index (χ0) is 27.6. The van der Waals surface area contributed by atoms with E-state index in [1.165, 1.54) is 11.8 Å². The fourth-order valence-corrected chi connectivity index (χ4v) is 4.47. The maximum Gasteiger partial charge on any atom is 0.272 e. The molecule has 196 valence electrons. The molecule has 1 aromatic heterocycles. The Morgan fingerprint density at radius 3 is 2.13 bits per heavy atom. The van der Waals surface area contributed by atoms with E-state index in [-0.39, 0.29) is 22.8 Å². The molecule has 4 rings (SSSR count). The Morgan fingerprint density at radius 2 is 1.44 bits per heavy atom. The summed E-state index contributed by atoms with van der Waals surface area (Å²) < 4.78 is 0. The van der Waals surface area contributed by atoms with Crippen molar-refractivity contribution in [2.45, 2.75) is 24.0 Å². The highest BCUT2D eigenvalue weighted by Crippen LogP contribution is 2.26. The van der Waals surface area contributed by atoms with Crippen LogP contribution >= 0.6 is 11.8 Å². The average Bonchev–Trinajstić information content (AvgIpc) is 2.95. The van der Waals surface area contributed by atoms with Gasteiger partial charge in [0.2, 0.25) is 5.91 Å². The molecule has 0 saturated heterocycles. The first kappa shape index (κ1) is 27.3. The fourth-order valence-electron chi connectivity index (χ4n) is 3.60.